The first kappa shape index (κ1) is 14.3. The number of hydrogen-bond donors (Lipinski definition) is 0. The van der Waals surface area contributed by atoms with Gasteiger partial charge in [0.25, 0.3) is 0 Å². The van der Waals surface area contributed by atoms with Gasteiger partial charge in [-0.25, -0.2) is 4.79 Å². The van der Waals surface area contributed by atoms with Crippen molar-refractivity contribution >= 4 is 45.2 Å². The fraction of sp³-hybridized carbons (Fsp3) is 0.625. The van der Waals surface area contributed by atoms with Crippen LogP contribution < -0.4 is 0 Å². The van der Waals surface area contributed by atoms with Crippen LogP contribution in [0.2, 0.25) is 0 Å². The number of carbonyl (C=O) groups is 1. The Morgan fingerprint density at radius 3 is 2.00 bits per heavy atom. The predicted molar refractivity (Wildman–Crippen MR) is 62.8 cm³/mol. The number of halogens is 3. The van der Waals surface area contributed by atoms with Gasteiger partial charge in [-0.3, -0.25) is 0 Å². The van der Waals surface area contributed by atoms with Gasteiger partial charge in [-0.2, -0.15) is 0 Å². The second-order valence-corrected chi connectivity index (χ2v) is 12.2. The zero-order chi connectivity index (χ0) is 11.5. The second-order valence-electron chi connectivity index (χ2n) is 3.39. The van der Waals surface area contributed by atoms with Gasteiger partial charge in [-0.1, -0.05) is 20.4 Å². The molecule has 0 aromatic carbocycles. The van der Waals surface area contributed by atoms with Crippen molar-refractivity contribution in [3.05, 3.63) is 12.2 Å². The van der Waals surface area contributed by atoms with E-state index in [-0.39, 0.29) is 5.92 Å². The molecule has 0 aromatic rings. The molecule has 0 aliphatic heterocycles. The molecule has 2 nitrogen and oxygen atoms in total. The highest BCUT2D eigenvalue weighted by Gasteiger charge is 2.42. The van der Waals surface area contributed by atoms with E-state index in [0.29, 0.717) is 5.57 Å². The van der Waals surface area contributed by atoms with Crippen LogP contribution in [0.5, 0.6) is 0 Å². The Labute approximate surface area is 99.3 Å². The number of esters is 1. The molecule has 0 rings (SSSR count). The quantitative estimate of drug-likeness (QED) is 0.340. The van der Waals surface area contributed by atoms with E-state index in [0.717, 1.165) is 0 Å². The molecule has 0 saturated carbocycles. The summed E-state index contributed by atoms with van der Waals surface area (Å²) < 4.78 is 5.07. The molecule has 82 valence electrons. The minimum absolute atomic E-state index is 0.0162. The molecule has 0 spiro atoms. The van der Waals surface area contributed by atoms with Crippen LogP contribution in [-0.4, -0.2) is 17.7 Å². The van der Waals surface area contributed by atoms with Crippen LogP contribution in [0.25, 0.3) is 0 Å². The van der Waals surface area contributed by atoms with Gasteiger partial charge in [-0.05, 0) is 12.8 Å². The lowest BCUT2D eigenvalue weighted by atomic mass is 10.2. The van der Waals surface area contributed by atoms with Crippen LogP contribution in [0, 0.1) is 5.92 Å². The van der Waals surface area contributed by atoms with Crippen molar-refractivity contribution in [3.63, 3.8) is 0 Å². The standard InChI is InChI=1S/C8H13Cl3O2Si/c1-5(2)7(12)13-8(6(3)4)14(9,10)11/h6,8H,1H2,2-4H3. The highest BCUT2D eigenvalue weighted by atomic mass is 35.8. The lowest BCUT2D eigenvalue weighted by Crippen LogP contribution is -2.40. The van der Waals surface area contributed by atoms with E-state index in [1.165, 1.54) is 0 Å². The minimum Gasteiger partial charge on any atom is -0.458 e. The van der Waals surface area contributed by atoms with Crippen LogP contribution >= 0.6 is 33.2 Å². The zero-order valence-corrected chi connectivity index (χ0v) is 11.6. The summed E-state index contributed by atoms with van der Waals surface area (Å²) in [5.41, 5.74) is -0.324. The van der Waals surface area contributed by atoms with Crippen LogP contribution in [0.4, 0.5) is 0 Å². The topological polar surface area (TPSA) is 26.3 Å². The Kier molecular flexibility index (Phi) is 5.51. The molecule has 14 heavy (non-hydrogen) atoms. The van der Waals surface area contributed by atoms with Crippen molar-refractivity contribution in [2.45, 2.75) is 26.5 Å². The first-order chi connectivity index (χ1) is 6.16. The van der Waals surface area contributed by atoms with E-state index in [9.17, 15) is 4.79 Å². The van der Waals surface area contributed by atoms with Crippen LogP contribution in [-0.2, 0) is 9.53 Å². The molecule has 6 heteroatoms. The molecule has 1 atom stereocenters. The first-order valence-corrected chi connectivity index (χ1v) is 9.20. The van der Waals surface area contributed by atoms with Crippen LogP contribution in [0.1, 0.15) is 20.8 Å². The van der Waals surface area contributed by atoms with Crippen LogP contribution in [0.15, 0.2) is 12.2 Å². The third-order valence-corrected chi connectivity index (χ3v) is 4.88. The fourth-order valence-electron chi connectivity index (χ4n) is 0.797. The molecule has 0 heterocycles. The van der Waals surface area contributed by atoms with Crippen molar-refractivity contribution in [3.8, 4) is 0 Å². The Morgan fingerprint density at radius 1 is 1.36 bits per heavy atom. The summed E-state index contributed by atoms with van der Waals surface area (Å²) in [7, 11) is 0. The molecule has 0 aliphatic carbocycles. The molecule has 0 amide bonds. The molecule has 0 N–H and O–H groups in total. The van der Waals surface area contributed by atoms with Crippen LogP contribution in [0.3, 0.4) is 0 Å². The zero-order valence-electron chi connectivity index (χ0n) is 8.31. The van der Waals surface area contributed by atoms with E-state index in [1.807, 2.05) is 13.8 Å². The minimum atomic E-state index is -3.03. The number of carbonyl (C=O) groups excluding carboxylic acids is 1. The Balaban J connectivity index is 4.56. The highest BCUT2D eigenvalue weighted by molar-refractivity contribution is 7.65. The lowest BCUT2D eigenvalue weighted by Gasteiger charge is -2.25. The third kappa shape index (κ3) is 4.69. The molecular weight excluding hydrogens is 263 g/mol. The maximum absolute atomic E-state index is 11.2. The van der Waals surface area contributed by atoms with Gasteiger partial charge < -0.3 is 4.74 Å². The average molecular weight is 276 g/mol. The van der Waals surface area contributed by atoms with Crippen molar-refractivity contribution in [2.24, 2.45) is 5.92 Å². The summed E-state index contributed by atoms with van der Waals surface area (Å²) in [6.45, 7) is 8.69. The maximum Gasteiger partial charge on any atom is 0.381 e. The first-order valence-electron chi connectivity index (χ1n) is 4.09. The van der Waals surface area contributed by atoms with Gasteiger partial charge in [0, 0.05) is 5.57 Å². The van der Waals surface area contributed by atoms with E-state index < -0.39 is 17.7 Å². The van der Waals surface area contributed by atoms with Gasteiger partial charge in [0.15, 0.2) is 0 Å². The largest absolute Gasteiger partial charge is 0.458 e. The monoisotopic (exact) mass is 274 g/mol. The van der Waals surface area contributed by atoms with E-state index >= 15 is 0 Å². The molecule has 1 unspecified atom stereocenters. The lowest BCUT2D eigenvalue weighted by molar-refractivity contribution is -0.142. The third-order valence-electron chi connectivity index (χ3n) is 1.51. The normalized spacial score (nSPS) is 13.9. The van der Waals surface area contributed by atoms with E-state index in [4.69, 9.17) is 38.0 Å². The van der Waals surface area contributed by atoms with Gasteiger partial charge in [0.05, 0.1) is 0 Å². The smallest absolute Gasteiger partial charge is 0.381 e. The summed E-state index contributed by atoms with van der Waals surface area (Å²) in [4.78, 5) is 11.2. The number of ether oxygens (including phenoxy) is 1. The summed E-state index contributed by atoms with van der Waals surface area (Å²) in [5.74, 6) is -0.528. The van der Waals surface area contributed by atoms with Gasteiger partial charge in [-0.15, -0.1) is 33.2 Å². The molecule has 0 fully saturated rings. The Hall–Kier alpha value is 0.297. The molecule has 0 saturated heterocycles. The van der Waals surface area contributed by atoms with E-state index in [1.54, 1.807) is 6.92 Å². The van der Waals surface area contributed by atoms with Crippen molar-refractivity contribution < 1.29 is 9.53 Å². The van der Waals surface area contributed by atoms with Gasteiger partial charge >= 0.3 is 12.0 Å². The SMILES string of the molecule is C=C(C)C(=O)OC(C(C)C)[Si](Cl)(Cl)Cl. The highest BCUT2D eigenvalue weighted by Crippen LogP contribution is 2.31. The molecule has 0 aromatic heterocycles. The number of rotatable bonds is 4. The molecule has 0 radical (unpaired) electrons. The van der Waals surface area contributed by atoms with Crippen molar-refractivity contribution in [1.82, 2.24) is 0 Å². The Morgan fingerprint density at radius 2 is 1.79 bits per heavy atom. The number of hydrogen-bond acceptors (Lipinski definition) is 2. The summed E-state index contributed by atoms with van der Waals surface area (Å²) >= 11 is 17.4. The van der Waals surface area contributed by atoms with E-state index in [2.05, 4.69) is 6.58 Å². The molecular formula is C8H13Cl3O2Si. The molecule has 0 bridgehead atoms. The fourth-order valence-corrected chi connectivity index (χ4v) is 4.46. The predicted octanol–water partition coefficient (Wildman–Crippen LogP) is 3.32. The summed E-state index contributed by atoms with van der Waals surface area (Å²) in [6, 6.07) is -3.03. The maximum atomic E-state index is 11.2. The van der Waals surface area contributed by atoms with Crippen molar-refractivity contribution in [2.75, 3.05) is 0 Å². The molecule has 0 aliphatic rings. The average Bonchev–Trinajstić information content (AvgIpc) is 1.96. The second kappa shape index (κ2) is 5.40. The van der Waals surface area contributed by atoms with Gasteiger partial charge in [0.2, 0.25) is 0 Å². The Bertz CT molecular complexity index is 235. The summed E-state index contributed by atoms with van der Waals surface area (Å²) in [5, 5.41) is 0. The van der Waals surface area contributed by atoms with Gasteiger partial charge in [0.1, 0.15) is 5.73 Å². The van der Waals surface area contributed by atoms with Crippen molar-refractivity contribution in [1.29, 1.82) is 0 Å². The summed E-state index contributed by atoms with van der Waals surface area (Å²) in [6.07, 6.45) is 0.